The number of amides is 2. The largest absolute Gasteiger partial charge is 0.478 e. The number of hydrogen-bond acceptors (Lipinski definition) is 4. The summed E-state index contributed by atoms with van der Waals surface area (Å²) in [5.41, 5.74) is 0.746. The minimum Gasteiger partial charge on any atom is -0.478 e. The summed E-state index contributed by atoms with van der Waals surface area (Å²) in [5, 5.41) is 14.0. The van der Waals surface area contributed by atoms with Crippen molar-refractivity contribution in [3.63, 3.8) is 0 Å². The van der Waals surface area contributed by atoms with E-state index >= 15 is 0 Å². The molecule has 0 aliphatic rings. The molecule has 0 aliphatic carbocycles. The predicted molar refractivity (Wildman–Crippen MR) is 153 cm³/mol. The van der Waals surface area contributed by atoms with Gasteiger partial charge in [0.05, 0.1) is 36.5 Å². The molecule has 0 bridgehead atoms. The number of nitrogens with one attached hydrogen (secondary N) is 2. The van der Waals surface area contributed by atoms with E-state index in [4.69, 9.17) is 58.0 Å². The molecular formula is C25H19Cl5N2O4S. The molecule has 3 aromatic carbocycles. The Morgan fingerprint density at radius 2 is 1.51 bits per heavy atom. The van der Waals surface area contributed by atoms with Gasteiger partial charge < -0.3 is 15.7 Å². The van der Waals surface area contributed by atoms with Crippen molar-refractivity contribution in [2.75, 3.05) is 10.6 Å². The second kappa shape index (κ2) is 12.6. The lowest BCUT2D eigenvalue weighted by Gasteiger charge is -2.17. The molecule has 12 heteroatoms. The van der Waals surface area contributed by atoms with Crippen molar-refractivity contribution in [2.24, 2.45) is 0 Å². The Hall–Kier alpha value is -2.13. The average Bonchev–Trinajstić information content (AvgIpc) is 2.85. The first-order valence-electron chi connectivity index (χ1n) is 10.7. The van der Waals surface area contributed by atoms with E-state index in [9.17, 15) is 19.5 Å². The molecule has 3 rings (SSSR count). The lowest BCUT2D eigenvalue weighted by Crippen LogP contribution is -2.25. The van der Waals surface area contributed by atoms with Crippen molar-refractivity contribution >= 4 is 98.9 Å². The molecule has 6 nitrogen and oxygen atoms in total. The van der Waals surface area contributed by atoms with Crippen molar-refractivity contribution in [1.29, 1.82) is 0 Å². The Morgan fingerprint density at radius 1 is 0.892 bits per heavy atom. The molecule has 3 aromatic rings. The summed E-state index contributed by atoms with van der Waals surface area (Å²) in [6, 6.07) is 12.0. The predicted octanol–water partition coefficient (Wildman–Crippen LogP) is 8.72. The van der Waals surface area contributed by atoms with Crippen molar-refractivity contribution in [3.05, 3.63) is 84.3 Å². The maximum absolute atomic E-state index is 13.0. The van der Waals surface area contributed by atoms with Crippen LogP contribution in [-0.4, -0.2) is 28.1 Å². The third-order valence-corrected chi connectivity index (χ3v) is 8.84. The summed E-state index contributed by atoms with van der Waals surface area (Å²) in [4.78, 5) is 38.5. The number of carbonyl (C=O) groups is 3. The molecule has 3 N–H and O–H groups in total. The van der Waals surface area contributed by atoms with Gasteiger partial charge in [-0.15, -0.1) is 11.8 Å². The van der Waals surface area contributed by atoms with E-state index in [0.717, 1.165) is 5.56 Å². The molecule has 194 valence electrons. The van der Waals surface area contributed by atoms with E-state index < -0.39 is 33.3 Å². The van der Waals surface area contributed by atoms with Crippen LogP contribution in [0.15, 0.2) is 47.4 Å². The maximum Gasteiger partial charge on any atom is 0.338 e. The molecule has 0 fully saturated rings. The SMILES string of the molecule is CCC(Sc1cccc(NC(=O)c2c(Cl)c(Cl)c(Cl)c(Cl)c2C(=O)O)c1)C(=O)Nc1cccc(Cl)c1C. The number of anilines is 2. The summed E-state index contributed by atoms with van der Waals surface area (Å²) in [5.74, 6) is -2.53. The van der Waals surface area contributed by atoms with Gasteiger partial charge in [0.15, 0.2) is 0 Å². The van der Waals surface area contributed by atoms with Crippen molar-refractivity contribution in [1.82, 2.24) is 0 Å². The Bertz CT molecular complexity index is 1400. The van der Waals surface area contributed by atoms with Gasteiger partial charge in [0.25, 0.3) is 5.91 Å². The molecule has 0 aromatic heterocycles. The fourth-order valence-corrected chi connectivity index (χ4v) is 5.54. The van der Waals surface area contributed by atoms with E-state index in [1.54, 1.807) is 42.5 Å². The quantitative estimate of drug-likeness (QED) is 0.133. The standard InChI is InChI=1S/C25H19Cl5N2O4S/c1-3-16(23(33)32-15-9-5-8-14(26)11(15)2)37-13-7-4-6-12(10-13)31-24(34)17-18(25(35)36)20(28)22(30)21(29)19(17)27/h4-10,16H,3H2,1-2H3,(H,31,34)(H,32,33)(H,35,36). The van der Waals surface area contributed by atoms with Crippen LogP contribution in [0.2, 0.25) is 25.1 Å². The van der Waals surface area contributed by atoms with Gasteiger partial charge in [-0.2, -0.15) is 0 Å². The molecule has 0 spiro atoms. The van der Waals surface area contributed by atoms with E-state index in [-0.39, 0.29) is 21.0 Å². The topological polar surface area (TPSA) is 95.5 Å². The summed E-state index contributed by atoms with van der Waals surface area (Å²) >= 11 is 31.7. The van der Waals surface area contributed by atoms with Crippen molar-refractivity contribution in [3.8, 4) is 0 Å². The molecule has 0 saturated carbocycles. The number of carboxylic acids is 1. The van der Waals surface area contributed by atoms with Crippen LogP contribution in [-0.2, 0) is 4.79 Å². The van der Waals surface area contributed by atoms with Crippen LogP contribution in [0.3, 0.4) is 0 Å². The highest BCUT2D eigenvalue weighted by atomic mass is 35.5. The number of rotatable bonds is 8. The minimum absolute atomic E-state index is 0.198. The van der Waals surface area contributed by atoms with Gasteiger partial charge in [0, 0.05) is 21.3 Å². The average molecular weight is 621 g/mol. The fraction of sp³-hybridized carbons (Fsp3) is 0.160. The summed E-state index contributed by atoms with van der Waals surface area (Å²) in [6.07, 6.45) is 0.534. The van der Waals surface area contributed by atoms with Gasteiger partial charge >= 0.3 is 5.97 Å². The normalized spacial score (nSPS) is 11.6. The highest BCUT2D eigenvalue weighted by molar-refractivity contribution is 8.00. The van der Waals surface area contributed by atoms with Gasteiger partial charge in [0.1, 0.15) is 0 Å². The van der Waals surface area contributed by atoms with Crippen LogP contribution < -0.4 is 10.6 Å². The van der Waals surface area contributed by atoms with Gasteiger partial charge in [-0.3, -0.25) is 9.59 Å². The first kappa shape index (κ1) is 29.4. The minimum atomic E-state index is -1.49. The first-order valence-corrected chi connectivity index (χ1v) is 13.5. The van der Waals surface area contributed by atoms with Crippen molar-refractivity contribution in [2.45, 2.75) is 30.4 Å². The molecule has 0 saturated heterocycles. The summed E-state index contributed by atoms with van der Waals surface area (Å²) < 4.78 is 0. The zero-order valence-electron chi connectivity index (χ0n) is 19.3. The molecule has 1 atom stereocenters. The van der Waals surface area contributed by atoms with Crippen LogP contribution in [0.4, 0.5) is 11.4 Å². The fourth-order valence-electron chi connectivity index (χ4n) is 3.33. The number of hydrogen-bond donors (Lipinski definition) is 3. The smallest absolute Gasteiger partial charge is 0.338 e. The summed E-state index contributed by atoms with van der Waals surface area (Å²) in [6.45, 7) is 3.71. The van der Waals surface area contributed by atoms with Crippen LogP contribution >= 0.6 is 69.8 Å². The van der Waals surface area contributed by atoms with Gasteiger partial charge in [-0.25, -0.2) is 4.79 Å². The Balaban J connectivity index is 1.82. The zero-order valence-corrected chi connectivity index (χ0v) is 23.9. The van der Waals surface area contributed by atoms with Crippen LogP contribution in [0.25, 0.3) is 0 Å². The first-order chi connectivity index (χ1) is 17.5. The monoisotopic (exact) mass is 618 g/mol. The zero-order chi connectivity index (χ0) is 27.4. The third kappa shape index (κ3) is 6.66. The van der Waals surface area contributed by atoms with Gasteiger partial charge in [0.2, 0.25) is 5.91 Å². The number of carboxylic acid groups (broad SMARTS) is 1. The number of aromatic carboxylic acids is 1. The summed E-state index contributed by atoms with van der Waals surface area (Å²) in [7, 11) is 0. The molecule has 37 heavy (non-hydrogen) atoms. The molecule has 0 heterocycles. The third-order valence-electron chi connectivity index (χ3n) is 5.27. The number of halogens is 5. The highest BCUT2D eigenvalue weighted by Gasteiger charge is 2.29. The molecular weight excluding hydrogens is 602 g/mol. The Kier molecular flexibility index (Phi) is 10.0. The Labute approximate surface area is 242 Å². The van der Waals surface area contributed by atoms with E-state index in [1.165, 1.54) is 11.8 Å². The van der Waals surface area contributed by atoms with Gasteiger partial charge in [-0.05, 0) is 49.2 Å². The molecule has 0 aliphatic heterocycles. The van der Waals surface area contributed by atoms with Crippen LogP contribution in [0, 0.1) is 6.92 Å². The number of benzene rings is 3. The van der Waals surface area contributed by atoms with E-state index in [0.29, 0.717) is 27.7 Å². The number of carbonyl (C=O) groups excluding carboxylic acids is 2. The maximum atomic E-state index is 13.0. The second-order valence-corrected chi connectivity index (χ2v) is 10.9. The lowest BCUT2D eigenvalue weighted by molar-refractivity contribution is -0.115. The van der Waals surface area contributed by atoms with Gasteiger partial charge in [-0.1, -0.05) is 77.1 Å². The van der Waals surface area contributed by atoms with Crippen LogP contribution in [0.5, 0.6) is 0 Å². The molecule has 1 unspecified atom stereocenters. The van der Waals surface area contributed by atoms with Crippen molar-refractivity contribution < 1.29 is 19.5 Å². The van der Waals surface area contributed by atoms with E-state index in [1.807, 2.05) is 13.8 Å². The Morgan fingerprint density at radius 3 is 2.14 bits per heavy atom. The second-order valence-electron chi connectivity index (χ2n) is 7.71. The molecule has 0 radical (unpaired) electrons. The van der Waals surface area contributed by atoms with E-state index in [2.05, 4.69) is 10.6 Å². The lowest BCUT2D eigenvalue weighted by atomic mass is 10.1. The highest BCUT2D eigenvalue weighted by Crippen LogP contribution is 2.42. The number of thioether (sulfide) groups is 1. The van der Waals surface area contributed by atoms with Crippen LogP contribution in [0.1, 0.15) is 39.6 Å². The molecule has 2 amide bonds.